The largest absolute Gasteiger partial charge is 2.00 e. The fourth-order valence-electron chi connectivity index (χ4n) is 1.03. The molecule has 0 aromatic heterocycles. The molecule has 2 aliphatic rings. The van der Waals surface area contributed by atoms with Gasteiger partial charge >= 0.3 is 16.8 Å². The van der Waals surface area contributed by atoms with E-state index < -0.39 is 11.9 Å². The zero-order valence-electron chi connectivity index (χ0n) is 8.66. The summed E-state index contributed by atoms with van der Waals surface area (Å²) in [6.07, 6.45) is 13.0. The van der Waals surface area contributed by atoms with Crippen molar-refractivity contribution in [3.63, 3.8) is 0 Å². The van der Waals surface area contributed by atoms with E-state index in [1.165, 1.54) is 0 Å². The standard InChI is InChI=1S/2C6H6O2.Co/c2*7-6(8)5-3-1-2-4-5;/h2*1-4,7-8H;/q;;+2/p-2. The van der Waals surface area contributed by atoms with Crippen LogP contribution in [0.5, 0.6) is 0 Å². The molecule has 0 heterocycles. The van der Waals surface area contributed by atoms with Crippen LogP contribution in [0.1, 0.15) is 0 Å². The van der Waals surface area contributed by atoms with Gasteiger partial charge in [-0.3, -0.25) is 0 Å². The fraction of sp³-hybridized carbons (Fsp3) is 0. The molecule has 2 aliphatic carbocycles. The Balaban J connectivity index is 0.000000284. The van der Waals surface area contributed by atoms with E-state index in [2.05, 4.69) is 0 Å². The fourth-order valence-corrected chi connectivity index (χ4v) is 1.03. The molecular formula is C12H10CoO4. The molecule has 0 fully saturated rings. The summed E-state index contributed by atoms with van der Waals surface area (Å²) in [5.74, 6) is -1.73. The van der Waals surface area contributed by atoms with Crippen molar-refractivity contribution in [2.24, 2.45) is 0 Å². The van der Waals surface area contributed by atoms with Crippen LogP contribution >= 0.6 is 0 Å². The molecule has 91 valence electrons. The van der Waals surface area contributed by atoms with E-state index >= 15 is 0 Å². The summed E-state index contributed by atoms with van der Waals surface area (Å²) in [6, 6.07) is 0. The van der Waals surface area contributed by atoms with Crippen molar-refractivity contribution < 1.29 is 37.2 Å². The van der Waals surface area contributed by atoms with Gasteiger partial charge in [0.25, 0.3) is 0 Å². The maximum absolute atomic E-state index is 10.1. The first-order chi connectivity index (χ1) is 7.61. The smallest absolute Gasteiger partial charge is 0.629 e. The average Bonchev–Trinajstić information content (AvgIpc) is 2.93. The second-order valence-corrected chi connectivity index (χ2v) is 2.96. The van der Waals surface area contributed by atoms with Crippen LogP contribution in [0.25, 0.3) is 0 Å². The van der Waals surface area contributed by atoms with Gasteiger partial charge in [-0.05, 0) is 11.1 Å². The third-order valence-electron chi connectivity index (χ3n) is 1.82. The number of aliphatic hydroxyl groups excluding tert-OH is 2. The van der Waals surface area contributed by atoms with Crippen molar-refractivity contribution in [3.05, 3.63) is 71.6 Å². The van der Waals surface area contributed by atoms with Crippen LogP contribution in [0.4, 0.5) is 0 Å². The molecule has 0 saturated carbocycles. The molecule has 2 N–H and O–H groups in total. The number of rotatable bonds is 0. The Hall–Kier alpha value is -1.85. The normalized spacial score (nSPS) is 14.4. The third-order valence-corrected chi connectivity index (χ3v) is 1.82. The van der Waals surface area contributed by atoms with Gasteiger partial charge in [-0.25, -0.2) is 0 Å². The van der Waals surface area contributed by atoms with Gasteiger partial charge in [0, 0.05) is 0 Å². The van der Waals surface area contributed by atoms with Crippen LogP contribution in [-0.2, 0) is 16.8 Å². The van der Waals surface area contributed by atoms with E-state index in [1.807, 2.05) is 0 Å². The topological polar surface area (TPSA) is 86.6 Å². The van der Waals surface area contributed by atoms with E-state index in [0.717, 1.165) is 0 Å². The summed E-state index contributed by atoms with van der Waals surface area (Å²) < 4.78 is 0. The van der Waals surface area contributed by atoms with Crippen molar-refractivity contribution in [2.75, 3.05) is 0 Å². The SMILES string of the molecule is [Co+2].[O-]C(O)=C1C=CC=C1.[O-]C(O)=C1C=CC=C1. The molecular weight excluding hydrogens is 267 g/mol. The summed E-state index contributed by atoms with van der Waals surface area (Å²) in [5, 5.41) is 36.7. The third kappa shape index (κ3) is 5.14. The number of aliphatic hydroxyl groups is 2. The van der Waals surface area contributed by atoms with Gasteiger partial charge in [0.05, 0.1) is 11.9 Å². The van der Waals surface area contributed by atoms with Crippen molar-refractivity contribution >= 4 is 0 Å². The van der Waals surface area contributed by atoms with Crippen LogP contribution in [0, 0.1) is 0 Å². The Morgan fingerprint density at radius 1 is 0.706 bits per heavy atom. The van der Waals surface area contributed by atoms with Gasteiger partial charge in [0.1, 0.15) is 0 Å². The van der Waals surface area contributed by atoms with Crippen LogP contribution in [0.3, 0.4) is 0 Å². The quantitative estimate of drug-likeness (QED) is 0.631. The van der Waals surface area contributed by atoms with Crippen molar-refractivity contribution in [1.29, 1.82) is 0 Å². The molecule has 5 heteroatoms. The minimum absolute atomic E-state index is 0. The summed E-state index contributed by atoms with van der Waals surface area (Å²) in [6.45, 7) is 0. The minimum atomic E-state index is -0.866. The minimum Gasteiger partial charge on any atom is -0.629 e. The van der Waals surface area contributed by atoms with Crippen LogP contribution in [0.2, 0.25) is 0 Å². The first kappa shape index (κ1) is 15.1. The molecule has 1 radical (unpaired) electrons. The molecule has 0 aromatic rings. The van der Waals surface area contributed by atoms with Crippen LogP contribution in [-0.4, -0.2) is 10.2 Å². The second-order valence-electron chi connectivity index (χ2n) is 2.96. The number of hydrogen-bond acceptors (Lipinski definition) is 4. The Morgan fingerprint density at radius 3 is 1.06 bits per heavy atom. The summed E-state index contributed by atoms with van der Waals surface area (Å²) in [7, 11) is 0. The van der Waals surface area contributed by atoms with E-state index in [4.69, 9.17) is 10.2 Å². The molecule has 0 amide bonds. The van der Waals surface area contributed by atoms with Crippen LogP contribution in [0.15, 0.2) is 71.6 Å². The van der Waals surface area contributed by atoms with Gasteiger partial charge in [0.2, 0.25) is 0 Å². The van der Waals surface area contributed by atoms with E-state index in [-0.39, 0.29) is 16.8 Å². The van der Waals surface area contributed by atoms with E-state index in [9.17, 15) is 10.2 Å². The van der Waals surface area contributed by atoms with Gasteiger partial charge in [0.15, 0.2) is 0 Å². The molecule has 0 aromatic carbocycles. The van der Waals surface area contributed by atoms with Gasteiger partial charge in [-0.1, -0.05) is 48.6 Å². The van der Waals surface area contributed by atoms with Gasteiger partial charge in [-0.2, -0.15) is 0 Å². The average molecular weight is 277 g/mol. The van der Waals surface area contributed by atoms with Gasteiger partial charge < -0.3 is 20.4 Å². The molecule has 0 bridgehead atoms. The molecule has 17 heavy (non-hydrogen) atoms. The summed E-state index contributed by atoms with van der Waals surface area (Å²) >= 11 is 0. The summed E-state index contributed by atoms with van der Waals surface area (Å²) in [5.41, 5.74) is 0.704. The zero-order valence-corrected chi connectivity index (χ0v) is 9.70. The molecule has 4 nitrogen and oxygen atoms in total. The Morgan fingerprint density at radius 2 is 0.941 bits per heavy atom. The molecule has 0 unspecified atom stereocenters. The van der Waals surface area contributed by atoms with E-state index in [0.29, 0.717) is 11.1 Å². The zero-order chi connectivity index (χ0) is 12.0. The van der Waals surface area contributed by atoms with Crippen LogP contribution < -0.4 is 10.2 Å². The van der Waals surface area contributed by atoms with Gasteiger partial charge in [-0.15, -0.1) is 0 Å². The maximum Gasteiger partial charge on any atom is 2.00 e. The first-order valence-electron chi connectivity index (χ1n) is 4.51. The number of allylic oxidation sites excluding steroid dienone is 10. The molecule has 0 saturated heterocycles. The van der Waals surface area contributed by atoms with Crippen molar-refractivity contribution in [1.82, 2.24) is 0 Å². The molecule has 0 spiro atoms. The monoisotopic (exact) mass is 277 g/mol. The Bertz CT molecular complexity index is 361. The molecule has 0 atom stereocenters. The van der Waals surface area contributed by atoms with E-state index in [1.54, 1.807) is 48.6 Å². The molecule has 0 aliphatic heterocycles. The first-order valence-corrected chi connectivity index (χ1v) is 4.51. The predicted octanol–water partition coefficient (Wildman–Crippen LogP) is 0.482. The molecule has 2 rings (SSSR count). The maximum atomic E-state index is 10.1. The van der Waals surface area contributed by atoms with Crippen molar-refractivity contribution in [3.8, 4) is 0 Å². The summed E-state index contributed by atoms with van der Waals surface area (Å²) in [4.78, 5) is 0. The Labute approximate surface area is 109 Å². The number of hydrogen-bond donors (Lipinski definition) is 2. The van der Waals surface area contributed by atoms with Crippen molar-refractivity contribution in [2.45, 2.75) is 0 Å². The Kier molecular flexibility index (Phi) is 6.62. The second kappa shape index (κ2) is 7.42. The predicted molar refractivity (Wildman–Crippen MR) is 55.9 cm³/mol.